The van der Waals surface area contributed by atoms with Crippen LogP contribution in [0.2, 0.25) is 0 Å². The molecule has 3 aromatic rings. The van der Waals surface area contributed by atoms with Crippen LogP contribution in [0.15, 0.2) is 60.8 Å². The Hall–Kier alpha value is -2.72. The van der Waals surface area contributed by atoms with E-state index in [1.807, 2.05) is 19.1 Å². The molecule has 4 rings (SSSR count). The van der Waals surface area contributed by atoms with Crippen LogP contribution >= 0.6 is 0 Å². The maximum Gasteiger partial charge on any atom is 0.161 e. The summed E-state index contributed by atoms with van der Waals surface area (Å²) >= 11 is 0. The first-order valence-corrected chi connectivity index (χ1v) is 8.32. The minimum Gasteiger partial charge on any atom is -0.504 e. The molecule has 1 aromatic heterocycles. The van der Waals surface area contributed by atoms with Gasteiger partial charge in [0.15, 0.2) is 17.5 Å². The number of nitrogens with zero attached hydrogens (tertiary/aromatic N) is 1. The Balaban J connectivity index is 1.80. The number of quaternary nitrogens is 1. The van der Waals surface area contributed by atoms with Crippen molar-refractivity contribution >= 4 is 0 Å². The van der Waals surface area contributed by atoms with Crippen molar-refractivity contribution in [1.82, 2.24) is 4.57 Å². The second-order valence-corrected chi connectivity index (χ2v) is 6.01. The largest absolute Gasteiger partial charge is 0.504 e. The first-order chi connectivity index (χ1) is 11.8. The van der Waals surface area contributed by atoms with Crippen LogP contribution < -0.4 is 10.1 Å². The number of benzene rings is 2. The number of fused-ring (bicyclic) bond motifs is 3. The third-order valence-electron chi connectivity index (χ3n) is 4.57. The second kappa shape index (κ2) is 6.06. The zero-order chi connectivity index (χ0) is 16.5. The lowest BCUT2D eigenvalue weighted by Gasteiger charge is -2.16. The Labute approximate surface area is 141 Å². The van der Waals surface area contributed by atoms with Crippen molar-refractivity contribution in [2.75, 3.05) is 6.61 Å². The van der Waals surface area contributed by atoms with E-state index in [-0.39, 0.29) is 11.8 Å². The summed E-state index contributed by atoms with van der Waals surface area (Å²) in [6.45, 7) is 3.37. The number of phenolic OH excluding ortho intramolecular Hbond substituents is 1. The summed E-state index contributed by atoms with van der Waals surface area (Å²) in [5.74, 6) is 0.733. The maximum atomic E-state index is 9.98. The summed E-state index contributed by atoms with van der Waals surface area (Å²) in [6.07, 6.45) is 2.12. The maximum absolute atomic E-state index is 9.98. The Morgan fingerprint density at radius 1 is 1.17 bits per heavy atom. The molecule has 0 aliphatic carbocycles. The van der Waals surface area contributed by atoms with Gasteiger partial charge in [-0.15, -0.1) is 0 Å². The highest BCUT2D eigenvalue weighted by molar-refractivity contribution is 5.47. The van der Waals surface area contributed by atoms with Gasteiger partial charge in [0.05, 0.1) is 18.0 Å². The fourth-order valence-corrected chi connectivity index (χ4v) is 3.45. The van der Waals surface area contributed by atoms with Crippen molar-refractivity contribution < 1.29 is 15.2 Å². The number of rotatable bonds is 3. The summed E-state index contributed by atoms with van der Waals surface area (Å²) in [6, 6.07) is 18.6. The van der Waals surface area contributed by atoms with E-state index in [1.54, 1.807) is 6.07 Å². The van der Waals surface area contributed by atoms with Gasteiger partial charge >= 0.3 is 0 Å². The third-order valence-corrected chi connectivity index (χ3v) is 4.57. The Bertz CT molecular complexity index is 870. The SMILES string of the molecule is CCOc1cc([C@H]2[NH2+]Cc3ccccc3-n3cccc32)ccc1O. The highest BCUT2D eigenvalue weighted by Crippen LogP contribution is 2.32. The predicted octanol–water partition coefficient (Wildman–Crippen LogP) is 2.75. The summed E-state index contributed by atoms with van der Waals surface area (Å²) in [7, 11) is 0. The first kappa shape index (κ1) is 14.8. The smallest absolute Gasteiger partial charge is 0.161 e. The number of hydrogen-bond acceptors (Lipinski definition) is 2. The molecule has 4 heteroatoms. The van der Waals surface area contributed by atoms with Crippen molar-refractivity contribution in [2.24, 2.45) is 0 Å². The lowest BCUT2D eigenvalue weighted by molar-refractivity contribution is -0.702. The number of phenols is 1. The average molecular weight is 321 g/mol. The quantitative estimate of drug-likeness (QED) is 0.779. The van der Waals surface area contributed by atoms with Gasteiger partial charge in [0.1, 0.15) is 6.54 Å². The average Bonchev–Trinajstić information content (AvgIpc) is 3.02. The van der Waals surface area contributed by atoms with Gasteiger partial charge in [-0.3, -0.25) is 0 Å². The summed E-state index contributed by atoms with van der Waals surface area (Å²) < 4.78 is 7.82. The standard InChI is InChI=1S/C20H20N2O2/c1-2-24-19-12-14(9-10-18(19)23)20-17-8-5-11-22(17)16-7-4-3-6-15(16)13-21-20/h3-12,20-21,23H,2,13H2,1H3/p+1/t20-/m1/s1. The van der Waals surface area contributed by atoms with Crippen molar-refractivity contribution in [3.8, 4) is 17.2 Å². The van der Waals surface area contributed by atoms with Crippen molar-refractivity contribution in [3.05, 3.63) is 77.6 Å². The molecule has 0 saturated carbocycles. The van der Waals surface area contributed by atoms with Gasteiger partial charge in [0, 0.05) is 17.3 Å². The van der Waals surface area contributed by atoms with Crippen LogP contribution in [0.5, 0.6) is 11.5 Å². The van der Waals surface area contributed by atoms with Crippen LogP contribution in [0.1, 0.15) is 29.8 Å². The van der Waals surface area contributed by atoms with E-state index in [9.17, 15) is 5.11 Å². The van der Waals surface area contributed by atoms with E-state index < -0.39 is 0 Å². The molecule has 1 atom stereocenters. The van der Waals surface area contributed by atoms with E-state index in [1.165, 1.54) is 16.9 Å². The van der Waals surface area contributed by atoms with E-state index in [2.05, 4.69) is 52.5 Å². The molecule has 2 heterocycles. The lowest BCUT2D eigenvalue weighted by Crippen LogP contribution is -2.83. The van der Waals surface area contributed by atoms with Gasteiger partial charge < -0.3 is 19.7 Å². The van der Waals surface area contributed by atoms with Crippen LogP contribution in [-0.4, -0.2) is 16.3 Å². The number of aromatic nitrogens is 1. The first-order valence-electron chi connectivity index (χ1n) is 8.32. The fourth-order valence-electron chi connectivity index (χ4n) is 3.45. The third kappa shape index (κ3) is 2.45. The molecular weight excluding hydrogens is 300 g/mol. The molecule has 0 radical (unpaired) electrons. The summed E-state index contributed by atoms with van der Waals surface area (Å²) in [5.41, 5.74) is 4.92. The van der Waals surface area contributed by atoms with Gasteiger partial charge in [-0.1, -0.05) is 18.2 Å². The minimum absolute atomic E-state index is 0.159. The molecule has 0 amide bonds. The van der Waals surface area contributed by atoms with Crippen LogP contribution in [0.3, 0.4) is 0 Å². The molecule has 24 heavy (non-hydrogen) atoms. The normalized spacial score (nSPS) is 16.1. The van der Waals surface area contributed by atoms with Crippen molar-refractivity contribution in [2.45, 2.75) is 19.5 Å². The topological polar surface area (TPSA) is 51.0 Å². The van der Waals surface area contributed by atoms with Crippen LogP contribution in [-0.2, 0) is 6.54 Å². The highest BCUT2D eigenvalue weighted by atomic mass is 16.5. The molecular formula is C20H21N2O2+. The minimum atomic E-state index is 0.159. The molecule has 3 N–H and O–H groups in total. The Kier molecular flexibility index (Phi) is 3.75. The second-order valence-electron chi connectivity index (χ2n) is 6.01. The number of para-hydroxylation sites is 1. The summed E-state index contributed by atoms with van der Waals surface area (Å²) in [5, 5.41) is 12.3. The van der Waals surface area contributed by atoms with Gasteiger partial charge in [0.2, 0.25) is 0 Å². The monoisotopic (exact) mass is 321 g/mol. The molecule has 1 aliphatic heterocycles. The summed E-state index contributed by atoms with van der Waals surface area (Å²) in [4.78, 5) is 0. The van der Waals surface area contributed by atoms with Crippen LogP contribution in [0.4, 0.5) is 0 Å². The van der Waals surface area contributed by atoms with Crippen LogP contribution in [0.25, 0.3) is 5.69 Å². The van der Waals surface area contributed by atoms with E-state index in [4.69, 9.17) is 4.74 Å². The molecule has 1 aliphatic rings. The zero-order valence-electron chi connectivity index (χ0n) is 13.6. The molecule has 4 nitrogen and oxygen atoms in total. The van der Waals surface area contributed by atoms with Gasteiger partial charge in [-0.25, -0.2) is 0 Å². The number of aromatic hydroxyl groups is 1. The fraction of sp³-hybridized carbons (Fsp3) is 0.200. The van der Waals surface area contributed by atoms with Crippen molar-refractivity contribution in [3.63, 3.8) is 0 Å². The molecule has 0 bridgehead atoms. The Morgan fingerprint density at radius 2 is 2.04 bits per heavy atom. The number of ether oxygens (including phenoxy) is 1. The van der Waals surface area contributed by atoms with E-state index >= 15 is 0 Å². The number of hydrogen-bond donors (Lipinski definition) is 2. The highest BCUT2D eigenvalue weighted by Gasteiger charge is 2.26. The molecule has 122 valence electrons. The number of nitrogens with two attached hydrogens (primary N) is 1. The predicted molar refractivity (Wildman–Crippen MR) is 92.5 cm³/mol. The van der Waals surface area contributed by atoms with E-state index in [0.29, 0.717) is 12.4 Å². The molecule has 0 spiro atoms. The van der Waals surface area contributed by atoms with Crippen molar-refractivity contribution in [1.29, 1.82) is 0 Å². The molecule has 0 saturated heterocycles. The Morgan fingerprint density at radius 3 is 2.92 bits per heavy atom. The zero-order valence-corrected chi connectivity index (χ0v) is 13.6. The van der Waals surface area contributed by atoms with Gasteiger partial charge in [0.25, 0.3) is 0 Å². The molecule has 0 fully saturated rings. The van der Waals surface area contributed by atoms with Gasteiger partial charge in [-0.05, 0) is 43.3 Å². The lowest BCUT2D eigenvalue weighted by atomic mass is 10.0. The molecule has 2 aromatic carbocycles. The van der Waals surface area contributed by atoms with E-state index in [0.717, 1.165) is 12.1 Å². The molecule has 0 unspecified atom stereocenters. The van der Waals surface area contributed by atoms with Gasteiger partial charge in [-0.2, -0.15) is 0 Å². The van der Waals surface area contributed by atoms with Crippen LogP contribution in [0, 0.1) is 0 Å².